The minimum Gasteiger partial charge on any atom is -0.457 e. The van der Waals surface area contributed by atoms with Crippen molar-refractivity contribution in [1.29, 1.82) is 0 Å². The normalized spacial score (nSPS) is 10.7. The molecule has 0 atom stereocenters. The van der Waals surface area contributed by atoms with E-state index in [4.69, 9.17) is 13.7 Å². The van der Waals surface area contributed by atoms with Crippen LogP contribution in [0.4, 0.5) is 0 Å². The van der Waals surface area contributed by atoms with E-state index < -0.39 is 5.97 Å². The Morgan fingerprint density at radius 3 is 2.80 bits per heavy atom. The number of benzene rings is 1. The van der Waals surface area contributed by atoms with Crippen molar-refractivity contribution in [3.05, 3.63) is 71.1 Å². The van der Waals surface area contributed by atoms with E-state index in [0.717, 1.165) is 11.1 Å². The Hall–Kier alpha value is -3.19. The van der Waals surface area contributed by atoms with Crippen molar-refractivity contribution in [2.45, 2.75) is 6.61 Å². The highest BCUT2D eigenvalue weighted by atomic mass is 32.1. The van der Waals surface area contributed by atoms with Crippen LogP contribution in [0.1, 0.15) is 16.4 Å². The molecule has 1 aromatic carbocycles. The Balaban J connectivity index is 1.46. The van der Waals surface area contributed by atoms with Crippen molar-refractivity contribution in [2.24, 2.45) is 0 Å². The number of esters is 1. The average molecular weight is 352 g/mol. The van der Waals surface area contributed by atoms with Gasteiger partial charge in [0.1, 0.15) is 0 Å². The van der Waals surface area contributed by atoms with E-state index in [0.29, 0.717) is 11.4 Å². The van der Waals surface area contributed by atoms with Crippen LogP contribution in [0.3, 0.4) is 0 Å². The fourth-order valence-corrected chi connectivity index (χ4v) is 2.96. The van der Waals surface area contributed by atoms with E-state index >= 15 is 0 Å². The van der Waals surface area contributed by atoms with E-state index in [2.05, 4.69) is 10.1 Å². The molecule has 0 unspecified atom stereocenters. The molecule has 3 aromatic heterocycles. The van der Waals surface area contributed by atoms with Crippen LogP contribution in [0.25, 0.3) is 22.5 Å². The molecule has 0 saturated carbocycles. The SMILES string of the molecule is O=C(OCc1nc(-c2ccsc2)no1)c1occc1-c1ccccc1. The number of thiophene rings is 1. The fraction of sp³-hybridized carbons (Fsp3) is 0.0556. The molecule has 3 heterocycles. The topological polar surface area (TPSA) is 78.4 Å². The van der Waals surface area contributed by atoms with Gasteiger partial charge in [0.25, 0.3) is 5.89 Å². The molecule has 0 fully saturated rings. The first-order chi connectivity index (χ1) is 12.3. The van der Waals surface area contributed by atoms with Crippen LogP contribution in [-0.4, -0.2) is 16.1 Å². The molecule has 0 saturated heterocycles. The molecule has 0 spiro atoms. The van der Waals surface area contributed by atoms with Crippen molar-refractivity contribution < 1.29 is 18.5 Å². The highest BCUT2D eigenvalue weighted by Gasteiger charge is 2.19. The van der Waals surface area contributed by atoms with E-state index in [9.17, 15) is 4.79 Å². The molecule has 0 aliphatic heterocycles. The molecule has 25 heavy (non-hydrogen) atoms. The summed E-state index contributed by atoms with van der Waals surface area (Å²) in [6.45, 7) is -0.120. The van der Waals surface area contributed by atoms with Crippen molar-refractivity contribution in [1.82, 2.24) is 10.1 Å². The van der Waals surface area contributed by atoms with Crippen LogP contribution in [0.5, 0.6) is 0 Å². The van der Waals surface area contributed by atoms with Crippen molar-refractivity contribution in [2.75, 3.05) is 0 Å². The van der Waals surface area contributed by atoms with E-state index in [1.807, 2.05) is 47.2 Å². The lowest BCUT2D eigenvalue weighted by Gasteiger charge is -2.02. The van der Waals surface area contributed by atoms with Gasteiger partial charge in [-0.1, -0.05) is 35.5 Å². The van der Waals surface area contributed by atoms with Gasteiger partial charge in [0.15, 0.2) is 6.61 Å². The quantitative estimate of drug-likeness (QED) is 0.495. The zero-order chi connectivity index (χ0) is 17.1. The highest BCUT2D eigenvalue weighted by Crippen LogP contribution is 2.25. The largest absolute Gasteiger partial charge is 0.457 e. The second-order valence-corrected chi connectivity index (χ2v) is 5.91. The summed E-state index contributed by atoms with van der Waals surface area (Å²) in [7, 11) is 0. The van der Waals surface area contributed by atoms with Crippen LogP contribution in [0.2, 0.25) is 0 Å². The molecule has 0 radical (unpaired) electrons. The fourth-order valence-electron chi connectivity index (χ4n) is 2.33. The number of furan rings is 1. The molecule has 0 aliphatic carbocycles. The van der Waals surface area contributed by atoms with Crippen LogP contribution < -0.4 is 0 Å². The monoisotopic (exact) mass is 352 g/mol. The summed E-state index contributed by atoms with van der Waals surface area (Å²) >= 11 is 1.54. The standard InChI is InChI=1S/C18H12N2O4S/c21-18(16-14(6-8-22-16)12-4-2-1-3-5-12)23-10-15-19-17(20-24-15)13-7-9-25-11-13/h1-9,11H,10H2. The summed E-state index contributed by atoms with van der Waals surface area (Å²) < 4.78 is 15.6. The maximum Gasteiger partial charge on any atom is 0.375 e. The lowest BCUT2D eigenvalue weighted by Crippen LogP contribution is -2.05. The number of hydrogen-bond acceptors (Lipinski definition) is 7. The molecule has 0 N–H and O–H groups in total. The molecule has 0 aliphatic rings. The Bertz CT molecular complexity index is 974. The number of rotatable bonds is 5. The first-order valence-corrected chi connectivity index (χ1v) is 8.41. The lowest BCUT2D eigenvalue weighted by atomic mass is 10.1. The van der Waals surface area contributed by atoms with Gasteiger partial charge in [0.2, 0.25) is 11.6 Å². The smallest absolute Gasteiger partial charge is 0.375 e. The average Bonchev–Trinajstić information content (AvgIpc) is 3.41. The minimum absolute atomic E-state index is 0.120. The number of nitrogens with zero attached hydrogens (tertiary/aromatic N) is 2. The first kappa shape index (κ1) is 15.3. The predicted octanol–water partition coefficient (Wildman–Crippen LogP) is 4.42. The van der Waals surface area contributed by atoms with Crippen molar-refractivity contribution in [3.63, 3.8) is 0 Å². The van der Waals surface area contributed by atoms with Gasteiger partial charge in [-0.3, -0.25) is 0 Å². The minimum atomic E-state index is -0.584. The lowest BCUT2D eigenvalue weighted by molar-refractivity contribution is 0.0395. The van der Waals surface area contributed by atoms with E-state index in [-0.39, 0.29) is 18.3 Å². The number of carbonyl (C=O) groups is 1. The Labute approximate surface area is 146 Å². The van der Waals surface area contributed by atoms with Crippen LogP contribution >= 0.6 is 11.3 Å². The summed E-state index contributed by atoms with van der Waals surface area (Å²) in [6.07, 6.45) is 1.46. The molecule has 7 heteroatoms. The summed E-state index contributed by atoms with van der Waals surface area (Å²) in [5, 5.41) is 7.71. The molecule has 4 rings (SSSR count). The van der Waals surface area contributed by atoms with Gasteiger partial charge in [0.05, 0.1) is 6.26 Å². The van der Waals surface area contributed by atoms with E-state index in [1.54, 1.807) is 17.4 Å². The van der Waals surface area contributed by atoms with Gasteiger partial charge in [-0.2, -0.15) is 16.3 Å². The summed E-state index contributed by atoms with van der Waals surface area (Å²) in [5.41, 5.74) is 2.42. The Morgan fingerprint density at radius 2 is 2.00 bits per heavy atom. The highest BCUT2D eigenvalue weighted by molar-refractivity contribution is 7.08. The molecular weight excluding hydrogens is 340 g/mol. The van der Waals surface area contributed by atoms with Gasteiger partial charge < -0.3 is 13.7 Å². The Kier molecular flexibility index (Phi) is 4.14. The third-order valence-corrected chi connectivity index (χ3v) is 4.19. The molecule has 4 aromatic rings. The molecule has 0 bridgehead atoms. The van der Waals surface area contributed by atoms with Gasteiger partial charge in [-0.05, 0) is 23.1 Å². The molecule has 6 nitrogen and oxygen atoms in total. The predicted molar refractivity (Wildman–Crippen MR) is 90.9 cm³/mol. The van der Waals surface area contributed by atoms with Gasteiger partial charge in [-0.15, -0.1) is 0 Å². The van der Waals surface area contributed by atoms with Gasteiger partial charge >= 0.3 is 5.97 Å². The third kappa shape index (κ3) is 3.22. The number of carbonyl (C=O) groups excluding carboxylic acids is 1. The van der Waals surface area contributed by atoms with Crippen molar-refractivity contribution in [3.8, 4) is 22.5 Å². The zero-order valence-electron chi connectivity index (χ0n) is 12.9. The maximum absolute atomic E-state index is 12.3. The zero-order valence-corrected chi connectivity index (χ0v) is 13.7. The molecule has 124 valence electrons. The molecule has 0 amide bonds. The van der Waals surface area contributed by atoms with Crippen LogP contribution in [0.15, 0.2) is 68.4 Å². The van der Waals surface area contributed by atoms with Crippen LogP contribution in [-0.2, 0) is 11.3 Å². The summed E-state index contributed by atoms with van der Waals surface area (Å²) in [6, 6.07) is 13.1. The second-order valence-electron chi connectivity index (χ2n) is 5.13. The van der Waals surface area contributed by atoms with Crippen LogP contribution in [0, 0.1) is 0 Å². The van der Waals surface area contributed by atoms with Crippen molar-refractivity contribution >= 4 is 17.3 Å². The Morgan fingerprint density at radius 1 is 1.12 bits per heavy atom. The number of aromatic nitrogens is 2. The first-order valence-electron chi connectivity index (χ1n) is 7.46. The number of ether oxygens (including phenoxy) is 1. The molecular formula is C18H12N2O4S. The van der Waals surface area contributed by atoms with E-state index in [1.165, 1.54) is 6.26 Å². The van der Waals surface area contributed by atoms with Gasteiger partial charge in [-0.25, -0.2) is 4.79 Å². The second kappa shape index (κ2) is 6.74. The summed E-state index contributed by atoms with van der Waals surface area (Å²) in [4.78, 5) is 16.5. The number of hydrogen-bond donors (Lipinski definition) is 0. The van der Waals surface area contributed by atoms with Gasteiger partial charge in [0, 0.05) is 16.5 Å². The summed E-state index contributed by atoms with van der Waals surface area (Å²) in [5.74, 6) is 0.251. The third-order valence-electron chi connectivity index (χ3n) is 3.51. The maximum atomic E-state index is 12.3.